The number of β-lactam (4-membered cyclic amide) rings is 2. The van der Waals surface area contributed by atoms with Crippen LogP contribution in [0.3, 0.4) is 0 Å². The van der Waals surface area contributed by atoms with Gasteiger partial charge in [0.15, 0.2) is 27.2 Å². The quantitative estimate of drug-likeness (QED) is 0.0142. The highest BCUT2D eigenvalue weighted by molar-refractivity contribution is 8.06. The number of nitrogens with two attached hydrogens (primary N) is 1. The van der Waals surface area contributed by atoms with Crippen molar-refractivity contribution in [1.29, 1.82) is 0 Å². The monoisotopic (exact) mass is 1430 g/mol. The number of aromatic nitrogens is 2. The number of carbonyl (C=O) groups is 6. The number of carboxylic acids is 2. The molecule has 4 amide bonds. The molecule has 4 fully saturated rings. The molecule has 4 atom stereocenters. The first-order chi connectivity index (χ1) is 47.7. The Morgan fingerprint density at radius 1 is 0.643 bits per heavy atom. The van der Waals surface area contributed by atoms with E-state index in [1.54, 1.807) is 10.8 Å². The highest BCUT2D eigenvalue weighted by Crippen LogP contribution is 2.56. The minimum absolute atomic E-state index is 0.00404. The number of hydrogen-bond acceptors (Lipinski definition) is 22. The van der Waals surface area contributed by atoms with Crippen LogP contribution in [0, 0.1) is 11.8 Å². The highest BCUT2D eigenvalue weighted by Gasteiger charge is 2.69. The Bertz CT molecular complexity index is 4020. The number of benzene rings is 5. The Morgan fingerprint density at radius 2 is 1.09 bits per heavy atom. The summed E-state index contributed by atoms with van der Waals surface area (Å²) in [5.74, 6) is -2.23. The van der Waals surface area contributed by atoms with Crippen molar-refractivity contribution < 1.29 is 58.1 Å². The Kier molecular flexibility index (Phi) is 22.4. The molecular weight excluding hydrogens is 1370 g/mol. The second-order valence-electron chi connectivity index (χ2n) is 23.5. The molecule has 6 aliphatic rings. The van der Waals surface area contributed by atoms with Crippen molar-refractivity contribution in [3.05, 3.63) is 223 Å². The number of rotatable bonds is 24. The molecule has 4 saturated heterocycles. The Morgan fingerprint density at radius 3 is 1.56 bits per heavy atom. The van der Waals surface area contributed by atoms with Crippen molar-refractivity contribution in [3.8, 4) is 0 Å². The molecule has 2 aromatic heterocycles. The van der Waals surface area contributed by atoms with Crippen LogP contribution in [0.4, 0.5) is 10.3 Å². The molecular formula is C70H70N10O12S6. The van der Waals surface area contributed by atoms with Gasteiger partial charge in [0, 0.05) is 75.9 Å². The van der Waals surface area contributed by atoms with Gasteiger partial charge in [-0.2, -0.15) is 0 Å². The summed E-state index contributed by atoms with van der Waals surface area (Å²) in [4.78, 5) is 105. The van der Waals surface area contributed by atoms with Crippen LogP contribution in [-0.4, -0.2) is 163 Å². The van der Waals surface area contributed by atoms with Crippen molar-refractivity contribution in [2.75, 3.05) is 74.7 Å². The number of anilines is 2. The van der Waals surface area contributed by atoms with Gasteiger partial charge in [-0.15, -0.1) is 69.7 Å². The predicted octanol–water partition coefficient (Wildman–Crippen LogP) is 9.89. The van der Waals surface area contributed by atoms with Crippen molar-refractivity contribution in [1.82, 2.24) is 30.4 Å². The number of thiazole rings is 2. The molecule has 0 radical (unpaired) electrons. The fraction of sp³-hybridized carbons (Fsp3) is 0.314. The number of hydrogen-bond donors (Lipinski definition) is 6. The van der Waals surface area contributed by atoms with E-state index >= 15 is 9.59 Å². The fourth-order valence-electron chi connectivity index (χ4n) is 12.9. The number of carbonyl (C=O) groups excluding carboxylic acids is 4. The maximum atomic E-state index is 15.4. The van der Waals surface area contributed by atoms with Crippen LogP contribution in [-0.2, 0) is 53.5 Å². The maximum Gasteiger partial charge on any atom is 0.353 e. The first-order valence-electron chi connectivity index (χ1n) is 31.6. The lowest BCUT2D eigenvalue weighted by molar-refractivity contribution is -0.159. The van der Waals surface area contributed by atoms with Crippen LogP contribution in [0.15, 0.2) is 194 Å². The molecule has 7 N–H and O–H groups in total. The molecule has 22 nitrogen and oxygen atoms in total. The van der Waals surface area contributed by atoms with Crippen molar-refractivity contribution in [3.63, 3.8) is 0 Å². The van der Waals surface area contributed by atoms with Gasteiger partial charge in [0.1, 0.15) is 59.3 Å². The largest absolute Gasteiger partial charge is 0.477 e. The Hall–Kier alpha value is -8.48. The van der Waals surface area contributed by atoms with E-state index in [9.17, 15) is 29.4 Å². The summed E-state index contributed by atoms with van der Waals surface area (Å²) in [6.07, 6.45) is 3.71. The van der Waals surface area contributed by atoms with E-state index < -0.39 is 69.4 Å². The number of nitrogen functional groups attached to an aromatic ring is 1. The normalized spacial score (nSPS) is 20.6. The number of nitrogens with one attached hydrogen (secondary N) is 3. The van der Waals surface area contributed by atoms with Gasteiger partial charge in [0.05, 0.1) is 0 Å². The number of nitrogens with zero attached hydrogens (tertiary/aromatic N) is 6. The number of oxime groups is 2. The minimum atomic E-state index is -1.66. The van der Waals surface area contributed by atoms with Crippen LogP contribution >= 0.6 is 69.7 Å². The molecule has 508 valence electrons. The highest BCUT2D eigenvalue weighted by atomic mass is 32.2. The molecule has 0 aliphatic carbocycles. The molecule has 6 aliphatic heterocycles. The molecule has 0 spiro atoms. The van der Waals surface area contributed by atoms with E-state index in [1.165, 1.54) is 82.4 Å². The molecule has 0 saturated carbocycles. The predicted molar refractivity (Wildman–Crippen MR) is 384 cm³/mol. The van der Waals surface area contributed by atoms with Gasteiger partial charge in [-0.25, -0.2) is 19.6 Å². The molecule has 8 heterocycles. The summed E-state index contributed by atoms with van der Waals surface area (Å²) in [5, 5.41) is 41.0. The lowest BCUT2D eigenvalue weighted by Gasteiger charge is -2.60. The SMILES string of the molecule is CO/N=C(\C(=O)NC1(C(c2ccccc2)c2ccccc2)C(=O)N2C(C(=O)O)=C(SCC3CCOCC3)CS[C@H]21)c1csc(NC(c2ccccc2)(c2ccccc2)c2ccccc2)n1.CO/N=C(\C(=O)NC1C(=O)N2C(C(=O)O)=C(SCC3CCOCC3)CS[C@@H]12)c1csc(N)n1. The summed E-state index contributed by atoms with van der Waals surface area (Å²) in [7, 11) is 2.65. The summed E-state index contributed by atoms with van der Waals surface area (Å²) in [6.45, 7) is 2.81. The van der Waals surface area contributed by atoms with Gasteiger partial charge >= 0.3 is 11.9 Å². The molecule has 5 aromatic carbocycles. The zero-order valence-electron chi connectivity index (χ0n) is 53.2. The smallest absolute Gasteiger partial charge is 0.353 e. The number of fused-ring (bicyclic) bond motifs is 2. The fourth-order valence-corrected chi connectivity index (χ4v) is 20.0. The van der Waals surface area contributed by atoms with Gasteiger partial charge in [-0.1, -0.05) is 162 Å². The molecule has 0 bridgehead atoms. The molecule has 28 heteroatoms. The summed E-state index contributed by atoms with van der Waals surface area (Å²) in [5.41, 5.74) is 7.74. The maximum absolute atomic E-state index is 15.4. The van der Waals surface area contributed by atoms with Gasteiger partial charge < -0.3 is 51.0 Å². The topological polar surface area (TPSA) is 299 Å². The van der Waals surface area contributed by atoms with Crippen LogP contribution in [0.1, 0.15) is 70.8 Å². The second kappa shape index (κ2) is 31.6. The van der Waals surface area contributed by atoms with E-state index in [-0.39, 0.29) is 39.3 Å². The van der Waals surface area contributed by atoms with Gasteiger partial charge in [0.25, 0.3) is 23.6 Å². The first-order valence-corrected chi connectivity index (χ1v) is 37.4. The number of aliphatic carboxylic acids is 2. The number of carboxylic acid groups (broad SMARTS) is 2. The Balaban J connectivity index is 0.000000232. The number of amides is 4. The summed E-state index contributed by atoms with van der Waals surface area (Å²) < 4.78 is 10.9. The summed E-state index contributed by atoms with van der Waals surface area (Å²) in [6, 6.07) is 48.6. The van der Waals surface area contributed by atoms with Crippen molar-refractivity contribution in [2.24, 2.45) is 22.1 Å². The van der Waals surface area contributed by atoms with Crippen LogP contribution in [0.25, 0.3) is 0 Å². The number of thioether (sulfide) groups is 4. The lowest BCUT2D eigenvalue weighted by atomic mass is 9.68. The van der Waals surface area contributed by atoms with E-state index in [1.807, 2.05) is 115 Å². The summed E-state index contributed by atoms with van der Waals surface area (Å²) >= 11 is 8.33. The van der Waals surface area contributed by atoms with E-state index in [2.05, 4.69) is 67.6 Å². The zero-order chi connectivity index (χ0) is 68.3. The van der Waals surface area contributed by atoms with Gasteiger partial charge in [-0.3, -0.25) is 29.0 Å². The van der Waals surface area contributed by atoms with Crippen LogP contribution < -0.4 is 21.7 Å². The van der Waals surface area contributed by atoms with Gasteiger partial charge in [0.2, 0.25) is 0 Å². The Labute approximate surface area is 590 Å². The third-order valence-corrected chi connectivity index (χ3v) is 24.7. The van der Waals surface area contributed by atoms with Crippen LogP contribution in [0.2, 0.25) is 0 Å². The average molecular weight is 1440 g/mol. The van der Waals surface area contributed by atoms with E-state index in [0.717, 1.165) is 89.6 Å². The molecule has 98 heavy (non-hydrogen) atoms. The second-order valence-corrected chi connectivity index (χ2v) is 29.6. The first kappa shape index (κ1) is 69.4. The van der Waals surface area contributed by atoms with E-state index in [4.69, 9.17) is 29.9 Å². The zero-order valence-corrected chi connectivity index (χ0v) is 58.1. The standard InChI is InChI=1S/C51H47N5O6S3.C19H23N5O6S3/c1-61-55-43(40-32-65-49(52-40)54-50(37-21-11-4-12-22-37,38-23-13-5-14-24-38)39-25-15-6-16-26-39)45(57)53-51(42(35-17-7-2-8-18-35)36-19-9-3-10-20-36)47(60)56-44(46(58)59)41(33-64-48(51)56)63-31-34-27-29-62-30-28-34;1-29-23-12(10-7-33-19(20)21-10)15(25)22-13-16(26)24-14(18(27)28)11(8-32-17(13)24)31-6-9-2-4-30-5-3-9/h2-26,32,34,42,48H,27-31,33H2,1H3,(H,52,54)(H,53,57)(H,58,59);7,9,13,17H,2-6,8H2,1H3,(H2,20,21)(H,22,25)(H,27,28)/b55-43-;23-12-/t48-,51?;13?,17-/m00/s1. The molecule has 2 unspecified atom stereocenters. The lowest BCUT2D eigenvalue weighted by Crippen LogP contribution is -2.82. The minimum Gasteiger partial charge on any atom is -0.477 e. The van der Waals surface area contributed by atoms with Gasteiger partial charge in [-0.05, 0) is 65.3 Å². The third kappa shape index (κ3) is 14.4. The van der Waals surface area contributed by atoms with Crippen molar-refractivity contribution >= 4 is 127 Å². The van der Waals surface area contributed by atoms with E-state index in [0.29, 0.717) is 51.5 Å². The van der Waals surface area contributed by atoms with Crippen molar-refractivity contribution in [2.45, 2.75) is 59.5 Å². The third-order valence-electron chi connectivity index (χ3n) is 17.6. The number of ether oxygens (including phenoxy) is 2. The molecule has 13 rings (SSSR count). The molecule has 7 aromatic rings. The van der Waals surface area contributed by atoms with Crippen LogP contribution in [0.5, 0.6) is 0 Å². The average Bonchev–Trinajstić information content (AvgIpc) is 0.791.